The van der Waals surface area contributed by atoms with Crippen LogP contribution in [0.3, 0.4) is 0 Å². The summed E-state index contributed by atoms with van der Waals surface area (Å²) in [5, 5.41) is 0. The first-order valence-corrected chi connectivity index (χ1v) is 8.15. The van der Waals surface area contributed by atoms with E-state index in [-0.39, 0.29) is 34.8 Å². The number of carbonyl (C=O) groups excluding carboxylic acids is 1. The predicted molar refractivity (Wildman–Crippen MR) is 96.2 cm³/mol. The highest BCUT2D eigenvalue weighted by molar-refractivity contribution is 5.92. The Hall–Kier alpha value is -2.96. The first-order valence-electron chi connectivity index (χ1n) is 8.15. The van der Waals surface area contributed by atoms with Crippen LogP contribution in [-0.4, -0.2) is 31.6 Å². The molecule has 0 aliphatic heterocycles. The number of benzene rings is 2. The zero-order valence-electron chi connectivity index (χ0n) is 15.2. The normalized spacial score (nSPS) is 12.3. The Morgan fingerprint density at radius 3 is 2.41 bits per heavy atom. The van der Waals surface area contributed by atoms with E-state index < -0.39 is 6.61 Å². The smallest absolute Gasteiger partial charge is 0.387 e. The molecule has 0 radical (unpaired) electrons. The van der Waals surface area contributed by atoms with Crippen molar-refractivity contribution in [1.29, 1.82) is 0 Å². The van der Waals surface area contributed by atoms with Crippen LogP contribution >= 0.6 is 0 Å². The summed E-state index contributed by atoms with van der Waals surface area (Å²) < 4.78 is 47.9. The molecule has 2 rings (SSSR count). The number of alkyl halides is 2. The van der Waals surface area contributed by atoms with E-state index >= 15 is 0 Å². The van der Waals surface area contributed by atoms with Gasteiger partial charge in [0.25, 0.3) is 0 Å². The molecule has 1 atom stereocenters. The summed E-state index contributed by atoms with van der Waals surface area (Å²) in [6, 6.07) is 10.2. The summed E-state index contributed by atoms with van der Waals surface area (Å²) in [5.74, 6) is -0.715. The molecule has 1 amide bonds. The molecule has 0 N–H and O–H groups in total. The van der Waals surface area contributed by atoms with Gasteiger partial charge in [0.2, 0.25) is 5.91 Å². The number of rotatable bonds is 7. The van der Waals surface area contributed by atoms with E-state index in [1.54, 1.807) is 32.2 Å². The topological polar surface area (TPSA) is 38.8 Å². The maximum Gasteiger partial charge on any atom is 0.387 e. The lowest BCUT2D eigenvalue weighted by molar-refractivity contribution is -0.126. The molecule has 144 valence electrons. The third-order valence-corrected chi connectivity index (χ3v) is 4.12. The van der Waals surface area contributed by atoms with E-state index in [2.05, 4.69) is 4.74 Å². The highest BCUT2D eigenvalue weighted by atomic mass is 19.3. The average Bonchev–Trinajstić information content (AvgIpc) is 2.65. The summed E-state index contributed by atoms with van der Waals surface area (Å²) in [6.07, 6.45) is 2.64. The maximum atomic E-state index is 13.0. The Labute approximate surface area is 155 Å². The van der Waals surface area contributed by atoms with Gasteiger partial charge < -0.3 is 14.4 Å². The van der Waals surface area contributed by atoms with E-state index in [1.165, 1.54) is 48.4 Å². The van der Waals surface area contributed by atoms with E-state index in [0.29, 0.717) is 0 Å². The number of amides is 1. The molecule has 0 aliphatic rings. The lowest BCUT2D eigenvalue weighted by Gasteiger charge is -2.24. The lowest BCUT2D eigenvalue weighted by Crippen LogP contribution is -2.27. The number of nitrogens with zero attached hydrogens (tertiary/aromatic N) is 1. The van der Waals surface area contributed by atoms with Gasteiger partial charge in [-0.05, 0) is 36.8 Å². The van der Waals surface area contributed by atoms with Crippen molar-refractivity contribution < 1.29 is 27.4 Å². The van der Waals surface area contributed by atoms with Crippen LogP contribution in [0, 0.1) is 5.82 Å². The molecular formula is C20H20F3NO3. The number of ether oxygens (including phenoxy) is 2. The summed E-state index contributed by atoms with van der Waals surface area (Å²) in [6.45, 7) is -1.22. The van der Waals surface area contributed by atoms with Gasteiger partial charge in [0, 0.05) is 18.7 Å². The van der Waals surface area contributed by atoms with Crippen molar-refractivity contribution >= 4 is 12.0 Å². The van der Waals surface area contributed by atoms with Crippen LogP contribution in [0.4, 0.5) is 13.2 Å². The summed E-state index contributed by atoms with van der Waals surface area (Å²) in [7, 11) is 2.94. The van der Waals surface area contributed by atoms with E-state index in [4.69, 9.17) is 4.74 Å². The number of carbonyl (C=O) groups is 1. The number of para-hydroxylation sites is 1. The zero-order valence-corrected chi connectivity index (χ0v) is 15.2. The molecular weight excluding hydrogens is 359 g/mol. The summed E-state index contributed by atoms with van der Waals surface area (Å²) in [4.78, 5) is 13.9. The minimum atomic E-state index is -3.02. The van der Waals surface area contributed by atoms with Crippen LogP contribution in [0.25, 0.3) is 6.08 Å². The number of hydrogen-bond acceptors (Lipinski definition) is 3. The van der Waals surface area contributed by atoms with Crippen molar-refractivity contribution in [3.05, 3.63) is 65.5 Å². The molecule has 0 saturated heterocycles. The van der Waals surface area contributed by atoms with Crippen LogP contribution in [-0.2, 0) is 4.79 Å². The van der Waals surface area contributed by atoms with Gasteiger partial charge in [-0.15, -0.1) is 0 Å². The van der Waals surface area contributed by atoms with Crippen LogP contribution in [0.15, 0.2) is 48.5 Å². The highest BCUT2D eigenvalue weighted by Crippen LogP contribution is 2.33. The van der Waals surface area contributed by atoms with Gasteiger partial charge in [-0.1, -0.05) is 24.3 Å². The molecule has 0 aliphatic carbocycles. The van der Waals surface area contributed by atoms with E-state index in [0.717, 1.165) is 5.56 Å². The molecule has 2 aromatic rings. The van der Waals surface area contributed by atoms with Crippen LogP contribution in [0.5, 0.6) is 11.5 Å². The van der Waals surface area contributed by atoms with Gasteiger partial charge in [-0.2, -0.15) is 8.78 Å². The van der Waals surface area contributed by atoms with E-state index in [1.807, 2.05) is 0 Å². The fraction of sp³-hybridized carbons (Fsp3) is 0.250. The Kier molecular flexibility index (Phi) is 6.87. The van der Waals surface area contributed by atoms with Crippen LogP contribution < -0.4 is 9.47 Å². The standard InChI is InChI=1S/C20H20F3NO3/c1-13(14-7-10-16(21)11-8-14)24(2)18(25)12-9-15-5-4-6-17(26-3)19(15)27-20(22)23/h4-13,20H,1-3H3/b12-9+. The van der Waals surface area contributed by atoms with Crippen LogP contribution in [0.2, 0.25) is 0 Å². The predicted octanol–water partition coefficient (Wildman–Crippen LogP) is 4.67. The lowest BCUT2D eigenvalue weighted by atomic mass is 10.1. The molecule has 0 fully saturated rings. The molecule has 0 bridgehead atoms. The number of likely N-dealkylation sites (N-methyl/N-ethyl adjacent to an activating group) is 1. The first kappa shape index (κ1) is 20.4. The quantitative estimate of drug-likeness (QED) is 0.657. The molecule has 0 heterocycles. The Bertz CT molecular complexity index is 807. The SMILES string of the molecule is COc1cccc(/C=C/C(=O)N(C)C(C)c2ccc(F)cc2)c1OC(F)F. The van der Waals surface area contributed by atoms with Gasteiger partial charge in [0.1, 0.15) is 5.82 Å². The second kappa shape index (κ2) is 9.12. The molecule has 1 unspecified atom stereocenters. The van der Waals surface area contributed by atoms with Crippen molar-refractivity contribution in [2.45, 2.75) is 19.6 Å². The summed E-state index contributed by atoms with van der Waals surface area (Å²) in [5.41, 5.74) is 1.05. The molecule has 0 spiro atoms. The molecule has 2 aromatic carbocycles. The van der Waals surface area contributed by atoms with Crippen molar-refractivity contribution in [2.24, 2.45) is 0 Å². The van der Waals surface area contributed by atoms with Crippen molar-refractivity contribution in [3.63, 3.8) is 0 Å². The fourth-order valence-electron chi connectivity index (χ4n) is 2.47. The molecule has 27 heavy (non-hydrogen) atoms. The zero-order chi connectivity index (χ0) is 20.0. The van der Waals surface area contributed by atoms with E-state index in [9.17, 15) is 18.0 Å². The van der Waals surface area contributed by atoms with Gasteiger partial charge >= 0.3 is 6.61 Å². The van der Waals surface area contributed by atoms with Gasteiger partial charge in [-0.3, -0.25) is 4.79 Å². The highest BCUT2D eigenvalue weighted by Gasteiger charge is 2.17. The monoisotopic (exact) mass is 379 g/mol. The number of methoxy groups -OCH3 is 1. The summed E-state index contributed by atoms with van der Waals surface area (Å²) >= 11 is 0. The Balaban J connectivity index is 2.19. The Morgan fingerprint density at radius 2 is 1.81 bits per heavy atom. The third kappa shape index (κ3) is 5.26. The molecule has 0 saturated carbocycles. The van der Waals surface area contributed by atoms with Crippen LogP contribution in [0.1, 0.15) is 24.1 Å². The number of hydrogen-bond donors (Lipinski definition) is 0. The fourth-order valence-corrected chi connectivity index (χ4v) is 2.47. The van der Waals surface area contributed by atoms with Crippen molar-refractivity contribution in [3.8, 4) is 11.5 Å². The number of halogens is 3. The molecule has 4 nitrogen and oxygen atoms in total. The largest absolute Gasteiger partial charge is 0.493 e. The van der Waals surface area contributed by atoms with Crippen molar-refractivity contribution in [1.82, 2.24) is 4.90 Å². The second-order valence-electron chi connectivity index (χ2n) is 5.77. The minimum Gasteiger partial charge on any atom is -0.493 e. The minimum absolute atomic E-state index is 0.137. The van der Waals surface area contributed by atoms with Gasteiger partial charge in [0.15, 0.2) is 11.5 Å². The first-order chi connectivity index (χ1) is 12.8. The van der Waals surface area contributed by atoms with Gasteiger partial charge in [0.05, 0.1) is 13.2 Å². The molecule has 7 heteroatoms. The second-order valence-corrected chi connectivity index (χ2v) is 5.77. The third-order valence-electron chi connectivity index (χ3n) is 4.12. The van der Waals surface area contributed by atoms with Gasteiger partial charge in [-0.25, -0.2) is 4.39 Å². The average molecular weight is 379 g/mol. The molecule has 0 aromatic heterocycles. The van der Waals surface area contributed by atoms with Crippen molar-refractivity contribution in [2.75, 3.05) is 14.2 Å². The Morgan fingerprint density at radius 1 is 1.15 bits per heavy atom. The maximum absolute atomic E-state index is 13.0.